The third kappa shape index (κ3) is 4.81. The predicted molar refractivity (Wildman–Crippen MR) is 131 cm³/mol. The average molecular weight is 444 g/mol. The molecule has 1 fully saturated rings. The summed E-state index contributed by atoms with van der Waals surface area (Å²) in [4.78, 5) is 21.5. The van der Waals surface area contributed by atoms with Gasteiger partial charge in [-0.1, -0.05) is 31.2 Å². The molecule has 1 aliphatic heterocycles. The lowest BCUT2D eigenvalue weighted by Gasteiger charge is -2.34. The fraction of sp³-hybridized carbons (Fsp3) is 0.320. The fourth-order valence-electron chi connectivity index (χ4n) is 4.24. The molecule has 4 heterocycles. The first-order valence-electron chi connectivity index (χ1n) is 11.4. The lowest BCUT2D eigenvalue weighted by atomic mass is 10.1. The van der Waals surface area contributed by atoms with Crippen molar-refractivity contribution in [2.24, 2.45) is 0 Å². The van der Waals surface area contributed by atoms with Crippen molar-refractivity contribution in [2.45, 2.75) is 13.5 Å². The second-order valence-electron chi connectivity index (χ2n) is 8.29. The first kappa shape index (κ1) is 21.4. The Labute approximate surface area is 193 Å². The van der Waals surface area contributed by atoms with Gasteiger partial charge in [0.2, 0.25) is 5.88 Å². The van der Waals surface area contributed by atoms with Crippen LogP contribution in [0, 0.1) is 0 Å². The topological polar surface area (TPSA) is 82.2 Å². The van der Waals surface area contributed by atoms with Gasteiger partial charge >= 0.3 is 0 Å². The van der Waals surface area contributed by atoms with Crippen LogP contribution in [0.25, 0.3) is 22.3 Å². The number of ether oxygens (including phenoxy) is 1. The molecule has 8 heteroatoms. The molecule has 0 unspecified atom stereocenters. The number of likely N-dealkylation sites (N-methyl/N-ethyl adjacent to an activating group) is 1. The molecule has 3 aromatic heterocycles. The summed E-state index contributed by atoms with van der Waals surface area (Å²) < 4.78 is 5.21. The van der Waals surface area contributed by atoms with Crippen LogP contribution in [-0.4, -0.2) is 69.6 Å². The number of anilines is 2. The number of rotatable bonds is 7. The second kappa shape index (κ2) is 9.56. The quantitative estimate of drug-likeness (QED) is 0.448. The molecule has 0 amide bonds. The molecule has 4 aromatic rings. The SMILES string of the molecule is CCN1CCN(Cc2ccc(-c3cc4c(Nc5ccnc(OC)c5)ncnc4[nH]3)cc2)CC1. The first-order valence-corrected chi connectivity index (χ1v) is 11.4. The van der Waals surface area contributed by atoms with Crippen molar-refractivity contribution < 1.29 is 4.74 Å². The number of nitrogens with one attached hydrogen (secondary N) is 2. The van der Waals surface area contributed by atoms with Gasteiger partial charge in [0.25, 0.3) is 0 Å². The van der Waals surface area contributed by atoms with Crippen LogP contribution in [0.3, 0.4) is 0 Å². The van der Waals surface area contributed by atoms with Crippen LogP contribution in [0.5, 0.6) is 5.88 Å². The third-order valence-corrected chi connectivity index (χ3v) is 6.22. The van der Waals surface area contributed by atoms with Crippen molar-refractivity contribution in [3.05, 3.63) is 60.6 Å². The second-order valence-corrected chi connectivity index (χ2v) is 8.29. The smallest absolute Gasteiger partial charge is 0.214 e. The lowest BCUT2D eigenvalue weighted by Crippen LogP contribution is -2.45. The molecule has 0 radical (unpaired) electrons. The van der Waals surface area contributed by atoms with Gasteiger partial charge in [0.1, 0.15) is 17.8 Å². The van der Waals surface area contributed by atoms with E-state index in [4.69, 9.17) is 4.74 Å². The van der Waals surface area contributed by atoms with Gasteiger partial charge in [-0.3, -0.25) is 4.90 Å². The maximum Gasteiger partial charge on any atom is 0.214 e. The Morgan fingerprint density at radius 3 is 2.52 bits per heavy atom. The molecule has 0 atom stereocenters. The maximum absolute atomic E-state index is 5.21. The van der Waals surface area contributed by atoms with Crippen LogP contribution in [0.1, 0.15) is 12.5 Å². The Bertz CT molecular complexity index is 1210. The van der Waals surface area contributed by atoms with Gasteiger partial charge in [0, 0.05) is 56.4 Å². The summed E-state index contributed by atoms with van der Waals surface area (Å²) in [6, 6.07) is 14.6. The van der Waals surface area contributed by atoms with E-state index in [-0.39, 0.29) is 0 Å². The molecule has 0 spiro atoms. The van der Waals surface area contributed by atoms with E-state index < -0.39 is 0 Å². The summed E-state index contributed by atoms with van der Waals surface area (Å²) >= 11 is 0. The summed E-state index contributed by atoms with van der Waals surface area (Å²) in [5.41, 5.74) is 5.14. The Kier molecular flexibility index (Phi) is 6.19. The number of nitrogens with zero attached hydrogens (tertiary/aromatic N) is 5. The first-order chi connectivity index (χ1) is 16.2. The van der Waals surface area contributed by atoms with E-state index in [9.17, 15) is 0 Å². The molecule has 5 rings (SSSR count). The van der Waals surface area contributed by atoms with Gasteiger partial charge in [0.15, 0.2) is 0 Å². The summed E-state index contributed by atoms with van der Waals surface area (Å²) in [6.45, 7) is 8.97. The number of aromatic amines is 1. The molecular weight excluding hydrogens is 414 g/mol. The molecule has 0 bridgehead atoms. The summed E-state index contributed by atoms with van der Waals surface area (Å²) in [7, 11) is 1.60. The molecule has 1 aromatic carbocycles. The lowest BCUT2D eigenvalue weighted by molar-refractivity contribution is 0.132. The minimum atomic E-state index is 0.549. The van der Waals surface area contributed by atoms with Crippen molar-refractivity contribution in [1.29, 1.82) is 0 Å². The molecule has 8 nitrogen and oxygen atoms in total. The van der Waals surface area contributed by atoms with Crippen molar-refractivity contribution in [2.75, 3.05) is 45.2 Å². The number of hydrogen-bond acceptors (Lipinski definition) is 7. The van der Waals surface area contributed by atoms with Crippen molar-refractivity contribution in [3.63, 3.8) is 0 Å². The van der Waals surface area contributed by atoms with E-state index in [0.29, 0.717) is 5.88 Å². The van der Waals surface area contributed by atoms with Gasteiger partial charge in [-0.25, -0.2) is 15.0 Å². The molecule has 33 heavy (non-hydrogen) atoms. The van der Waals surface area contributed by atoms with Gasteiger partial charge in [-0.05, 0) is 29.8 Å². The molecular formula is C25H29N7O. The van der Waals surface area contributed by atoms with Crippen LogP contribution in [0.2, 0.25) is 0 Å². The van der Waals surface area contributed by atoms with E-state index in [2.05, 4.69) is 72.3 Å². The van der Waals surface area contributed by atoms with Gasteiger partial charge in [-0.15, -0.1) is 0 Å². The number of fused-ring (bicyclic) bond motifs is 1. The molecule has 1 saturated heterocycles. The van der Waals surface area contributed by atoms with E-state index >= 15 is 0 Å². The largest absolute Gasteiger partial charge is 0.481 e. The van der Waals surface area contributed by atoms with E-state index in [0.717, 1.165) is 73.1 Å². The summed E-state index contributed by atoms with van der Waals surface area (Å²) in [6.07, 6.45) is 3.26. The number of hydrogen-bond donors (Lipinski definition) is 2. The number of benzene rings is 1. The Morgan fingerprint density at radius 1 is 0.970 bits per heavy atom. The third-order valence-electron chi connectivity index (χ3n) is 6.22. The number of methoxy groups -OCH3 is 1. The molecule has 0 aliphatic carbocycles. The van der Waals surface area contributed by atoms with Crippen molar-refractivity contribution >= 4 is 22.5 Å². The molecule has 2 N–H and O–H groups in total. The Morgan fingerprint density at radius 2 is 1.76 bits per heavy atom. The number of piperazine rings is 1. The molecule has 0 saturated carbocycles. The zero-order valence-corrected chi connectivity index (χ0v) is 19.1. The van der Waals surface area contributed by atoms with Crippen LogP contribution in [-0.2, 0) is 6.54 Å². The highest BCUT2D eigenvalue weighted by Crippen LogP contribution is 2.29. The van der Waals surface area contributed by atoms with Gasteiger partial charge in [-0.2, -0.15) is 0 Å². The van der Waals surface area contributed by atoms with Crippen molar-refractivity contribution in [3.8, 4) is 17.1 Å². The highest BCUT2D eigenvalue weighted by Gasteiger charge is 2.16. The molecule has 170 valence electrons. The summed E-state index contributed by atoms with van der Waals surface area (Å²) in [5, 5.41) is 4.28. The van der Waals surface area contributed by atoms with Crippen LogP contribution >= 0.6 is 0 Å². The van der Waals surface area contributed by atoms with Crippen LogP contribution < -0.4 is 10.1 Å². The maximum atomic E-state index is 5.21. The van der Waals surface area contributed by atoms with Crippen molar-refractivity contribution in [1.82, 2.24) is 29.7 Å². The van der Waals surface area contributed by atoms with Gasteiger partial charge in [0.05, 0.1) is 12.5 Å². The zero-order valence-electron chi connectivity index (χ0n) is 19.1. The summed E-state index contributed by atoms with van der Waals surface area (Å²) in [5.74, 6) is 1.28. The average Bonchev–Trinajstić information content (AvgIpc) is 3.31. The monoisotopic (exact) mass is 443 g/mol. The number of pyridine rings is 1. The van der Waals surface area contributed by atoms with E-state index in [1.807, 2.05) is 12.1 Å². The minimum absolute atomic E-state index is 0.549. The number of aromatic nitrogens is 4. The van der Waals surface area contributed by atoms with Crippen LogP contribution in [0.4, 0.5) is 11.5 Å². The Balaban J connectivity index is 1.32. The Hall–Kier alpha value is -3.49. The van der Waals surface area contributed by atoms with E-state index in [1.165, 1.54) is 5.56 Å². The predicted octanol–water partition coefficient (Wildman–Crippen LogP) is 3.91. The number of H-pyrrole nitrogens is 1. The minimum Gasteiger partial charge on any atom is -0.481 e. The van der Waals surface area contributed by atoms with E-state index in [1.54, 1.807) is 19.6 Å². The normalized spacial score (nSPS) is 15.1. The highest BCUT2D eigenvalue weighted by atomic mass is 16.5. The van der Waals surface area contributed by atoms with Gasteiger partial charge < -0.3 is 19.9 Å². The fourth-order valence-corrected chi connectivity index (χ4v) is 4.24. The molecule has 1 aliphatic rings. The zero-order chi connectivity index (χ0) is 22.6. The highest BCUT2D eigenvalue weighted by molar-refractivity contribution is 5.92. The van der Waals surface area contributed by atoms with Crippen LogP contribution in [0.15, 0.2) is 55.0 Å². The standard InChI is InChI=1S/C25H29N7O/c1-3-31-10-12-32(13-11-31)16-18-4-6-19(7-5-18)22-15-21-24(27-17-28-25(21)30-22)29-20-8-9-26-23(14-20)33-2/h4-9,14-15,17H,3,10-13,16H2,1-2H3,(H2,26,27,28,29,30).